The third kappa shape index (κ3) is 5.55. The molecule has 0 saturated heterocycles. The molecule has 1 aromatic carbocycles. The van der Waals surface area contributed by atoms with E-state index >= 15 is 0 Å². The Morgan fingerprint density at radius 3 is 2.43 bits per heavy atom. The van der Waals surface area contributed by atoms with E-state index in [9.17, 15) is 9.59 Å². The quantitative estimate of drug-likeness (QED) is 0.753. The Hall–Kier alpha value is -1.88. The molecule has 0 heterocycles. The lowest BCUT2D eigenvalue weighted by Crippen LogP contribution is -2.30. The molecule has 1 rings (SSSR count). The lowest BCUT2D eigenvalue weighted by molar-refractivity contribution is -0.120. The molecular weight excluding hydrogens is 266 g/mol. The molecule has 1 aromatic rings. The molecule has 0 bridgehead atoms. The van der Waals surface area contributed by atoms with Crippen LogP contribution in [0, 0.1) is 18.8 Å². The Kier molecular flexibility index (Phi) is 6.37. The Morgan fingerprint density at radius 1 is 1.24 bits per heavy atom. The van der Waals surface area contributed by atoms with Crippen molar-refractivity contribution in [3.05, 3.63) is 23.8 Å². The first-order valence-electron chi connectivity index (χ1n) is 7.22. The highest BCUT2D eigenvalue weighted by atomic mass is 16.2. The second-order valence-electron chi connectivity index (χ2n) is 5.76. The molecule has 0 aromatic heterocycles. The highest BCUT2D eigenvalue weighted by Gasteiger charge is 2.18. The Labute approximate surface area is 126 Å². The number of hydrogen-bond donors (Lipinski definition) is 3. The largest absolute Gasteiger partial charge is 0.330 e. The molecule has 0 spiro atoms. The van der Waals surface area contributed by atoms with E-state index in [0.29, 0.717) is 23.8 Å². The van der Waals surface area contributed by atoms with E-state index in [1.54, 1.807) is 6.07 Å². The highest BCUT2D eigenvalue weighted by Crippen LogP contribution is 2.21. The van der Waals surface area contributed by atoms with Gasteiger partial charge >= 0.3 is 0 Å². The van der Waals surface area contributed by atoms with Crippen molar-refractivity contribution in [3.63, 3.8) is 0 Å². The summed E-state index contributed by atoms with van der Waals surface area (Å²) in [7, 11) is 0. The average Bonchev–Trinajstić information content (AvgIpc) is 2.39. The molecule has 0 saturated carbocycles. The first kappa shape index (κ1) is 17.2. The van der Waals surface area contributed by atoms with Gasteiger partial charge in [0.25, 0.3) is 0 Å². The van der Waals surface area contributed by atoms with Gasteiger partial charge in [-0.15, -0.1) is 0 Å². The third-order valence-electron chi connectivity index (χ3n) is 3.23. The lowest BCUT2D eigenvalue weighted by Gasteiger charge is -2.17. The van der Waals surface area contributed by atoms with Crippen LogP contribution >= 0.6 is 0 Å². The number of hydrogen-bond acceptors (Lipinski definition) is 3. The zero-order valence-corrected chi connectivity index (χ0v) is 13.2. The van der Waals surface area contributed by atoms with Gasteiger partial charge < -0.3 is 16.4 Å². The number of carbonyl (C=O) groups is 2. The number of aryl methyl sites for hydroxylation is 1. The van der Waals surface area contributed by atoms with Crippen LogP contribution in [0.2, 0.25) is 0 Å². The standard InChI is InChI=1S/C16H25N3O2/c1-10(2)7-13(9-17)16(21)19-14-6-5-11(3)15(8-14)18-12(4)20/h5-6,8,10,13H,7,9,17H2,1-4H3,(H,18,20)(H,19,21). The molecule has 1 unspecified atom stereocenters. The fraction of sp³-hybridized carbons (Fsp3) is 0.500. The molecule has 0 radical (unpaired) electrons. The van der Waals surface area contributed by atoms with E-state index in [0.717, 1.165) is 12.0 Å². The van der Waals surface area contributed by atoms with Crippen LogP contribution in [-0.2, 0) is 9.59 Å². The number of nitrogens with two attached hydrogens (primary N) is 1. The minimum Gasteiger partial charge on any atom is -0.330 e. The summed E-state index contributed by atoms with van der Waals surface area (Å²) in [5, 5.41) is 5.62. The fourth-order valence-corrected chi connectivity index (χ4v) is 2.15. The van der Waals surface area contributed by atoms with Crippen molar-refractivity contribution in [1.82, 2.24) is 0 Å². The van der Waals surface area contributed by atoms with Crippen molar-refractivity contribution >= 4 is 23.2 Å². The van der Waals surface area contributed by atoms with Gasteiger partial charge in [0, 0.05) is 24.8 Å². The van der Waals surface area contributed by atoms with Gasteiger partial charge in [-0.05, 0) is 37.0 Å². The van der Waals surface area contributed by atoms with Crippen LogP contribution in [0.1, 0.15) is 32.8 Å². The van der Waals surface area contributed by atoms with Crippen LogP contribution in [0.3, 0.4) is 0 Å². The predicted octanol–water partition coefficient (Wildman–Crippen LogP) is 2.51. The second kappa shape index (κ2) is 7.78. The monoisotopic (exact) mass is 291 g/mol. The smallest absolute Gasteiger partial charge is 0.228 e. The van der Waals surface area contributed by atoms with Crippen LogP contribution in [0.15, 0.2) is 18.2 Å². The van der Waals surface area contributed by atoms with Gasteiger partial charge in [-0.1, -0.05) is 19.9 Å². The SMILES string of the molecule is CC(=O)Nc1cc(NC(=O)C(CN)CC(C)C)ccc1C. The number of benzene rings is 1. The van der Waals surface area contributed by atoms with E-state index in [-0.39, 0.29) is 17.7 Å². The van der Waals surface area contributed by atoms with Crippen LogP contribution in [0.25, 0.3) is 0 Å². The fourth-order valence-electron chi connectivity index (χ4n) is 2.15. The molecule has 4 N–H and O–H groups in total. The van der Waals surface area contributed by atoms with Gasteiger partial charge in [-0.25, -0.2) is 0 Å². The van der Waals surface area contributed by atoms with Gasteiger partial charge in [-0.2, -0.15) is 0 Å². The van der Waals surface area contributed by atoms with Crippen molar-refractivity contribution in [2.75, 3.05) is 17.2 Å². The minimum atomic E-state index is -0.199. The Bertz CT molecular complexity index is 512. The lowest BCUT2D eigenvalue weighted by atomic mass is 9.96. The molecule has 0 aliphatic carbocycles. The van der Waals surface area contributed by atoms with Gasteiger partial charge in [-0.3, -0.25) is 9.59 Å². The molecule has 0 aliphatic rings. The van der Waals surface area contributed by atoms with E-state index < -0.39 is 0 Å². The first-order chi connectivity index (χ1) is 9.83. The van der Waals surface area contributed by atoms with Gasteiger partial charge in [0.05, 0.1) is 5.92 Å². The maximum Gasteiger partial charge on any atom is 0.228 e. The van der Waals surface area contributed by atoms with E-state index in [2.05, 4.69) is 24.5 Å². The summed E-state index contributed by atoms with van der Waals surface area (Å²) >= 11 is 0. The first-order valence-corrected chi connectivity index (χ1v) is 7.22. The molecule has 0 fully saturated rings. The molecule has 0 aliphatic heterocycles. The van der Waals surface area contributed by atoms with E-state index in [1.165, 1.54) is 6.92 Å². The number of nitrogens with one attached hydrogen (secondary N) is 2. The van der Waals surface area contributed by atoms with E-state index in [1.807, 2.05) is 19.1 Å². The molecule has 1 atom stereocenters. The third-order valence-corrected chi connectivity index (χ3v) is 3.23. The zero-order valence-electron chi connectivity index (χ0n) is 13.2. The zero-order chi connectivity index (χ0) is 16.0. The Balaban J connectivity index is 2.82. The van der Waals surface area contributed by atoms with Crippen molar-refractivity contribution in [3.8, 4) is 0 Å². The van der Waals surface area contributed by atoms with Crippen molar-refractivity contribution < 1.29 is 9.59 Å². The highest BCUT2D eigenvalue weighted by molar-refractivity contribution is 5.95. The van der Waals surface area contributed by atoms with Gasteiger partial charge in [0.1, 0.15) is 0 Å². The van der Waals surface area contributed by atoms with Crippen molar-refractivity contribution in [2.45, 2.75) is 34.1 Å². The summed E-state index contributed by atoms with van der Waals surface area (Å²) in [5.74, 6) is -0.00201. The average molecular weight is 291 g/mol. The maximum absolute atomic E-state index is 12.2. The number of anilines is 2. The number of amides is 2. The molecular formula is C16H25N3O2. The summed E-state index contributed by atoms with van der Waals surface area (Å²) in [4.78, 5) is 23.4. The van der Waals surface area contributed by atoms with Gasteiger partial charge in [0.2, 0.25) is 11.8 Å². The summed E-state index contributed by atoms with van der Waals surface area (Å²) in [6.45, 7) is 7.82. The second-order valence-corrected chi connectivity index (χ2v) is 5.76. The molecule has 5 heteroatoms. The summed E-state index contributed by atoms with van der Waals surface area (Å²) in [6, 6.07) is 5.44. The van der Waals surface area contributed by atoms with Crippen LogP contribution < -0.4 is 16.4 Å². The molecule has 116 valence electrons. The Morgan fingerprint density at radius 2 is 1.90 bits per heavy atom. The maximum atomic E-state index is 12.2. The molecule has 21 heavy (non-hydrogen) atoms. The van der Waals surface area contributed by atoms with Gasteiger partial charge in [0.15, 0.2) is 0 Å². The summed E-state index contributed by atoms with van der Waals surface area (Å²) in [6.07, 6.45) is 0.757. The van der Waals surface area contributed by atoms with E-state index in [4.69, 9.17) is 5.73 Å². The normalized spacial score (nSPS) is 12.1. The number of carbonyl (C=O) groups excluding carboxylic acids is 2. The van der Waals surface area contributed by atoms with Crippen LogP contribution in [0.5, 0.6) is 0 Å². The predicted molar refractivity (Wildman–Crippen MR) is 86.1 cm³/mol. The minimum absolute atomic E-state index is 0.0798. The number of rotatable bonds is 6. The molecule has 2 amide bonds. The van der Waals surface area contributed by atoms with Crippen LogP contribution in [-0.4, -0.2) is 18.4 Å². The summed E-state index contributed by atoms with van der Waals surface area (Å²) < 4.78 is 0. The van der Waals surface area contributed by atoms with Crippen molar-refractivity contribution in [1.29, 1.82) is 0 Å². The summed E-state index contributed by atoms with van der Waals surface area (Å²) in [5.41, 5.74) is 7.99. The molecule has 5 nitrogen and oxygen atoms in total. The van der Waals surface area contributed by atoms with Crippen molar-refractivity contribution in [2.24, 2.45) is 17.6 Å². The van der Waals surface area contributed by atoms with Crippen LogP contribution in [0.4, 0.5) is 11.4 Å². The topological polar surface area (TPSA) is 84.2 Å².